The van der Waals surface area contributed by atoms with E-state index >= 15 is 0 Å². The quantitative estimate of drug-likeness (QED) is 0.702. The number of likely N-dealkylation sites (tertiary alicyclic amines) is 1. The lowest BCUT2D eigenvalue weighted by Gasteiger charge is -2.40. The molecule has 2 heterocycles. The number of rotatable bonds is 0. The Bertz CT molecular complexity index is 298. The highest BCUT2D eigenvalue weighted by molar-refractivity contribution is 5.68. The van der Waals surface area contributed by atoms with Gasteiger partial charge in [-0.2, -0.15) is 0 Å². The van der Waals surface area contributed by atoms with E-state index < -0.39 is 5.60 Å². The number of nitrogens with one attached hydrogen (secondary N) is 1. The molecule has 2 rings (SSSR count). The molecule has 4 nitrogen and oxygen atoms in total. The van der Waals surface area contributed by atoms with Crippen molar-refractivity contribution in [2.24, 2.45) is 11.8 Å². The Kier molecular flexibility index (Phi) is 3.34. The predicted octanol–water partition coefficient (Wildman–Crippen LogP) is 1.85. The Morgan fingerprint density at radius 2 is 1.94 bits per heavy atom. The molecule has 2 aliphatic heterocycles. The molecule has 0 bridgehead atoms. The molecule has 2 saturated heterocycles. The van der Waals surface area contributed by atoms with E-state index in [9.17, 15) is 4.79 Å². The van der Waals surface area contributed by atoms with E-state index in [1.165, 1.54) is 0 Å². The number of nitrogens with zero attached hydrogens (tertiary/aromatic N) is 1. The molecule has 0 saturated carbocycles. The van der Waals surface area contributed by atoms with Gasteiger partial charge in [0.15, 0.2) is 0 Å². The molecule has 0 radical (unpaired) electrons. The summed E-state index contributed by atoms with van der Waals surface area (Å²) in [6, 6.07) is 0.297. The molecule has 3 atom stereocenters. The Morgan fingerprint density at radius 1 is 1.29 bits per heavy atom. The first-order chi connectivity index (χ1) is 7.87. The Balaban J connectivity index is 1.98. The number of hydrogen-bond acceptors (Lipinski definition) is 3. The van der Waals surface area contributed by atoms with Gasteiger partial charge in [0.05, 0.1) is 0 Å². The fourth-order valence-corrected chi connectivity index (χ4v) is 2.85. The maximum atomic E-state index is 12.1. The number of fused-ring (bicyclic) bond motifs is 1. The fourth-order valence-electron chi connectivity index (χ4n) is 2.85. The fraction of sp³-hybridized carbons (Fsp3) is 0.923. The molecule has 17 heavy (non-hydrogen) atoms. The molecule has 4 heteroatoms. The Hall–Kier alpha value is -0.770. The largest absolute Gasteiger partial charge is 0.444 e. The van der Waals surface area contributed by atoms with Gasteiger partial charge in [-0.3, -0.25) is 0 Å². The molecular weight excluding hydrogens is 216 g/mol. The van der Waals surface area contributed by atoms with Crippen LogP contribution in [0, 0.1) is 11.8 Å². The van der Waals surface area contributed by atoms with Crippen molar-refractivity contribution in [3.63, 3.8) is 0 Å². The van der Waals surface area contributed by atoms with Crippen LogP contribution in [0.15, 0.2) is 0 Å². The van der Waals surface area contributed by atoms with E-state index in [1.807, 2.05) is 25.7 Å². The second-order valence-corrected chi connectivity index (χ2v) is 6.40. The van der Waals surface area contributed by atoms with E-state index in [0.29, 0.717) is 12.0 Å². The molecular formula is C13H24N2O2. The topological polar surface area (TPSA) is 41.6 Å². The summed E-state index contributed by atoms with van der Waals surface area (Å²) in [4.78, 5) is 14.0. The smallest absolute Gasteiger partial charge is 0.410 e. The van der Waals surface area contributed by atoms with E-state index in [2.05, 4.69) is 12.2 Å². The van der Waals surface area contributed by atoms with E-state index in [1.54, 1.807) is 0 Å². The molecule has 2 fully saturated rings. The van der Waals surface area contributed by atoms with E-state index in [0.717, 1.165) is 32.0 Å². The van der Waals surface area contributed by atoms with Crippen LogP contribution >= 0.6 is 0 Å². The van der Waals surface area contributed by atoms with Crippen molar-refractivity contribution in [3.8, 4) is 0 Å². The van der Waals surface area contributed by atoms with Crippen LogP contribution in [0.2, 0.25) is 0 Å². The summed E-state index contributed by atoms with van der Waals surface area (Å²) in [5.74, 6) is 1.35. The minimum atomic E-state index is -0.401. The van der Waals surface area contributed by atoms with Gasteiger partial charge in [-0.25, -0.2) is 4.79 Å². The standard InChI is InChI=1S/C13H24N2O2/c1-9-5-10-6-14-7-11(10)8-15(9)12(16)17-13(2,3)4/h9-11,14H,5-8H2,1-4H3. The highest BCUT2D eigenvalue weighted by Gasteiger charge is 2.39. The van der Waals surface area contributed by atoms with Gasteiger partial charge in [0.25, 0.3) is 0 Å². The summed E-state index contributed by atoms with van der Waals surface area (Å²) in [5, 5.41) is 3.41. The molecule has 1 N–H and O–H groups in total. The van der Waals surface area contributed by atoms with Gasteiger partial charge in [0, 0.05) is 12.6 Å². The second kappa shape index (κ2) is 4.48. The third-order valence-corrected chi connectivity index (χ3v) is 3.71. The van der Waals surface area contributed by atoms with Crippen molar-refractivity contribution in [2.75, 3.05) is 19.6 Å². The van der Waals surface area contributed by atoms with E-state index in [-0.39, 0.29) is 6.09 Å². The summed E-state index contributed by atoms with van der Waals surface area (Å²) in [6.45, 7) is 10.9. The summed E-state index contributed by atoms with van der Waals surface area (Å²) < 4.78 is 5.46. The third kappa shape index (κ3) is 2.92. The van der Waals surface area contributed by atoms with Gasteiger partial charge in [0.1, 0.15) is 5.60 Å². The maximum absolute atomic E-state index is 12.1. The van der Waals surface area contributed by atoms with Crippen LogP contribution in [0.5, 0.6) is 0 Å². The lowest BCUT2D eigenvalue weighted by Crippen LogP contribution is -2.50. The summed E-state index contributed by atoms with van der Waals surface area (Å²) in [6.07, 6.45) is 0.937. The summed E-state index contributed by atoms with van der Waals surface area (Å²) in [5.41, 5.74) is -0.401. The normalized spacial score (nSPS) is 33.4. The van der Waals surface area contributed by atoms with Crippen molar-refractivity contribution in [1.29, 1.82) is 0 Å². The second-order valence-electron chi connectivity index (χ2n) is 6.40. The zero-order chi connectivity index (χ0) is 12.6. The van der Waals surface area contributed by atoms with Crippen molar-refractivity contribution in [3.05, 3.63) is 0 Å². The first-order valence-corrected chi connectivity index (χ1v) is 6.57. The predicted molar refractivity (Wildman–Crippen MR) is 66.9 cm³/mol. The van der Waals surface area contributed by atoms with Crippen LogP contribution < -0.4 is 5.32 Å². The molecule has 98 valence electrons. The minimum Gasteiger partial charge on any atom is -0.444 e. The van der Waals surface area contributed by atoms with Crippen LogP contribution in [-0.2, 0) is 4.74 Å². The minimum absolute atomic E-state index is 0.157. The number of hydrogen-bond donors (Lipinski definition) is 1. The van der Waals surface area contributed by atoms with Crippen molar-refractivity contribution < 1.29 is 9.53 Å². The Labute approximate surface area is 104 Å². The summed E-state index contributed by atoms with van der Waals surface area (Å²) >= 11 is 0. The monoisotopic (exact) mass is 240 g/mol. The lowest BCUT2D eigenvalue weighted by molar-refractivity contribution is 0.00131. The molecule has 0 aromatic heterocycles. The van der Waals surface area contributed by atoms with Crippen molar-refractivity contribution in [2.45, 2.75) is 45.8 Å². The molecule has 1 amide bonds. The summed E-state index contributed by atoms with van der Waals surface area (Å²) in [7, 11) is 0. The SMILES string of the molecule is CC1CC2CNCC2CN1C(=O)OC(C)(C)C. The van der Waals surface area contributed by atoms with Gasteiger partial charge in [-0.1, -0.05) is 0 Å². The average Bonchev–Trinajstić information content (AvgIpc) is 2.60. The van der Waals surface area contributed by atoms with Gasteiger partial charge < -0.3 is 15.0 Å². The molecule has 3 unspecified atom stereocenters. The number of piperidine rings is 1. The van der Waals surface area contributed by atoms with Crippen molar-refractivity contribution >= 4 is 6.09 Å². The van der Waals surface area contributed by atoms with Gasteiger partial charge in [-0.05, 0) is 59.0 Å². The van der Waals surface area contributed by atoms with Crippen LogP contribution in [0.25, 0.3) is 0 Å². The number of amides is 1. The first-order valence-electron chi connectivity index (χ1n) is 6.57. The highest BCUT2D eigenvalue weighted by Crippen LogP contribution is 2.31. The average molecular weight is 240 g/mol. The number of carbonyl (C=O) groups is 1. The van der Waals surface area contributed by atoms with Gasteiger partial charge >= 0.3 is 6.09 Å². The van der Waals surface area contributed by atoms with Crippen molar-refractivity contribution in [1.82, 2.24) is 10.2 Å². The molecule has 0 aliphatic carbocycles. The molecule has 0 aromatic carbocycles. The number of carbonyl (C=O) groups excluding carboxylic acids is 1. The van der Waals surface area contributed by atoms with Crippen LogP contribution in [-0.4, -0.2) is 42.3 Å². The molecule has 2 aliphatic rings. The first kappa shape index (κ1) is 12.7. The highest BCUT2D eigenvalue weighted by atomic mass is 16.6. The molecule has 0 spiro atoms. The number of ether oxygens (including phenoxy) is 1. The van der Waals surface area contributed by atoms with E-state index in [4.69, 9.17) is 4.74 Å². The zero-order valence-electron chi connectivity index (χ0n) is 11.3. The Morgan fingerprint density at radius 3 is 2.59 bits per heavy atom. The molecule has 0 aromatic rings. The van der Waals surface area contributed by atoms with Crippen LogP contribution in [0.4, 0.5) is 4.79 Å². The third-order valence-electron chi connectivity index (χ3n) is 3.71. The lowest BCUT2D eigenvalue weighted by atomic mass is 9.85. The zero-order valence-corrected chi connectivity index (χ0v) is 11.3. The van der Waals surface area contributed by atoms with Crippen LogP contribution in [0.3, 0.4) is 0 Å². The van der Waals surface area contributed by atoms with Crippen LogP contribution in [0.1, 0.15) is 34.1 Å². The van der Waals surface area contributed by atoms with Gasteiger partial charge in [-0.15, -0.1) is 0 Å². The maximum Gasteiger partial charge on any atom is 0.410 e. The van der Waals surface area contributed by atoms with Gasteiger partial charge in [0.2, 0.25) is 0 Å².